The summed E-state index contributed by atoms with van der Waals surface area (Å²) in [4.78, 5) is 26.8. The van der Waals surface area contributed by atoms with E-state index < -0.39 is 23.9 Å². The van der Waals surface area contributed by atoms with Gasteiger partial charge >= 0.3 is 12.0 Å². The number of benzene rings is 2. The van der Waals surface area contributed by atoms with Crippen molar-refractivity contribution in [3.63, 3.8) is 0 Å². The summed E-state index contributed by atoms with van der Waals surface area (Å²) < 4.78 is 29.8. The SMILES string of the molecule is CCOc1cc2c(cc1OCC)[C@H](CC(=O)OC)N(C(=O)Nc1ccc(F)c(Cl)c1)CC2. The van der Waals surface area contributed by atoms with Gasteiger partial charge in [-0.1, -0.05) is 11.6 Å². The third-order valence-corrected chi connectivity index (χ3v) is 5.47. The third-order valence-electron chi connectivity index (χ3n) is 5.18. The Morgan fingerprint density at radius 1 is 1.16 bits per heavy atom. The highest BCUT2D eigenvalue weighted by Gasteiger charge is 2.34. The number of rotatable bonds is 7. The first-order valence-corrected chi connectivity index (χ1v) is 10.8. The minimum absolute atomic E-state index is 0.0271. The fourth-order valence-electron chi connectivity index (χ4n) is 3.72. The molecule has 2 amide bonds. The van der Waals surface area contributed by atoms with Crippen LogP contribution < -0.4 is 14.8 Å². The number of nitrogens with zero attached hydrogens (tertiary/aromatic N) is 1. The molecule has 0 aromatic heterocycles. The molecular weight excluding hydrogens is 439 g/mol. The van der Waals surface area contributed by atoms with Crippen LogP contribution >= 0.6 is 11.6 Å². The largest absolute Gasteiger partial charge is 0.490 e. The van der Waals surface area contributed by atoms with Crippen LogP contribution in [0.3, 0.4) is 0 Å². The second-order valence-electron chi connectivity index (χ2n) is 7.16. The van der Waals surface area contributed by atoms with Crippen molar-refractivity contribution in [2.45, 2.75) is 32.7 Å². The molecule has 1 N–H and O–H groups in total. The molecule has 2 aromatic rings. The van der Waals surface area contributed by atoms with Crippen LogP contribution in [0.25, 0.3) is 0 Å². The Morgan fingerprint density at radius 3 is 2.47 bits per heavy atom. The zero-order valence-electron chi connectivity index (χ0n) is 18.2. The molecule has 1 aliphatic rings. The number of anilines is 1. The lowest BCUT2D eigenvalue weighted by Gasteiger charge is -2.37. The molecule has 0 saturated carbocycles. The maximum atomic E-state index is 13.5. The molecule has 32 heavy (non-hydrogen) atoms. The topological polar surface area (TPSA) is 77.1 Å². The zero-order chi connectivity index (χ0) is 23.3. The molecule has 1 aliphatic heterocycles. The number of hydrogen-bond acceptors (Lipinski definition) is 5. The highest BCUT2D eigenvalue weighted by molar-refractivity contribution is 6.31. The number of carbonyl (C=O) groups excluding carboxylic acids is 2. The average molecular weight is 465 g/mol. The molecule has 2 aromatic carbocycles. The van der Waals surface area contributed by atoms with E-state index in [1.807, 2.05) is 26.0 Å². The van der Waals surface area contributed by atoms with Crippen LogP contribution in [-0.4, -0.2) is 43.8 Å². The minimum atomic E-state index is -0.575. The van der Waals surface area contributed by atoms with Crippen molar-refractivity contribution in [2.24, 2.45) is 0 Å². The van der Waals surface area contributed by atoms with Crippen LogP contribution in [0.4, 0.5) is 14.9 Å². The lowest BCUT2D eigenvalue weighted by Crippen LogP contribution is -2.43. The smallest absolute Gasteiger partial charge is 0.322 e. The molecule has 172 valence electrons. The van der Waals surface area contributed by atoms with Crippen LogP contribution in [-0.2, 0) is 16.0 Å². The van der Waals surface area contributed by atoms with Gasteiger partial charge in [-0.3, -0.25) is 4.79 Å². The molecule has 0 fully saturated rings. The van der Waals surface area contributed by atoms with Gasteiger partial charge in [0.25, 0.3) is 0 Å². The lowest BCUT2D eigenvalue weighted by molar-refractivity contribution is -0.141. The molecule has 7 nitrogen and oxygen atoms in total. The normalized spacial score (nSPS) is 15.0. The highest BCUT2D eigenvalue weighted by atomic mass is 35.5. The minimum Gasteiger partial charge on any atom is -0.490 e. The highest BCUT2D eigenvalue weighted by Crippen LogP contribution is 2.40. The van der Waals surface area contributed by atoms with E-state index in [0.29, 0.717) is 43.4 Å². The Kier molecular flexibility index (Phi) is 7.80. The number of amides is 2. The van der Waals surface area contributed by atoms with Crippen molar-refractivity contribution < 1.29 is 28.2 Å². The van der Waals surface area contributed by atoms with E-state index >= 15 is 0 Å². The number of esters is 1. The summed E-state index contributed by atoms with van der Waals surface area (Å²) in [6.07, 6.45) is 0.539. The van der Waals surface area contributed by atoms with E-state index in [1.165, 1.54) is 25.3 Å². The van der Waals surface area contributed by atoms with Gasteiger partial charge < -0.3 is 24.4 Å². The van der Waals surface area contributed by atoms with Gasteiger partial charge in [0.05, 0.1) is 37.8 Å². The molecule has 9 heteroatoms. The standard InChI is InChI=1S/C23H26ClFN2O5/c1-4-31-20-10-14-8-9-27(23(29)26-15-6-7-18(25)17(24)11-15)19(13-22(28)30-3)16(14)12-21(20)32-5-2/h6-7,10-12,19H,4-5,8-9,13H2,1-3H3,(H,26,29)/t19-/m0/s1. The summed E-state index contributed by atoms with van der Waals surface area (Å²) in [7, 11) is 1.31. The van der Waals surface area contributed by atoms with Crippen LogP contribution in [0, 0.1) is 5.82 Å². The predicted molar refractivity (Wildman–Crippen MR) is 119 cm³/mol. The summed E-state index contributed by atoms with van der Waals surface area (Å²) >= 11 is 5.83. The van der Waals surface area contributed by atoms with E-state index in [4.69, 9.17) is 25.8 Å². The van der Waals surface area contributed by atoms with E-state index in [0.717, 1.165) is 11.1 Å². The molecule has 3 rings (SSSR count). The molecule has 0 bridgehead atoms. The summed E-state index contributed by atoms with van der Waals surface area (Å²) in [5.41, 5.74) is 2.12. The number of urea groups is 1. The maximum absolute atomic E-state index is 13.5. The van der Waals surface area contributed by atoms with Crippen molar-refractivity contribution in [2.75, 3.05) is 32.2 Å². The van der Waals surface area contributed by atoms with Gasteiger partial charge in [0.2, 0.25) is 0 Å². The van der Waals surface area contributed by atoms with E-state index in [2.05, 4.69) is 5.32 Å². The molecular formula is C23H26ClFN2O5. The Morgan fingerprint density at radius 2 is 1.84 bits per heavy atom. The zero-order valence-corrected chi connectivity index (χ0v) is 19.0. The molecule has 0 unspecified atom stereocenters. The number of halogens is 2. The molecule has 0 aliphatic carbocycles. The van der Waals surface area contributed by atoms with Gasteiger partial charge in [0, 0.05) is 12.2 Å². The van der Waals surface area contributed by atoms with Crippen LogP contribution in [0.2, 0.25) is 5.02 Å². The van der Waals surface area contributed by atoms with Gasteiger partial charge in [-0.25, -0.2) is 9.18 Å². The fraction of sp³-hybridized carbons (Fsp3) is 0.391. The van der Waals surface area contributed by atoms with Crippen molar-refractivity contribution in [1.29, 1.82) is 0 Å². The fourth-order valence-corrected chi connectivity index (χ4v) is 3.90. The second kappa shape index (κ2) is 10.5. The van der Waals surface area contributed by atoms with Crippen molar-refractivity contribution >= 4 is 29.3 Å². The summed E-state index contributed by atoms with van der Waals surface area (Å²) in [6, 6.07) is 6.67. The van der Waals surface area contributed by atoms with E-state index in [-0.39, 0.29) is 11.4 Å². The summed E-state index contributed by atoms with van der Waals surface area (Å²) in [5, 5.41) is 2.64. The van der Waals surface area contributed by atoms with Crippen LogP contribution in [0.15, 0.2) is 30.3 Å². The van der Waals surface area contributed by atoms with Gasteiger partial charge in [-0.05, 0) is 61.7 Å². The van der Waals surface area contributed by atoms with Gasteiger partial charge in [-0.2, -0.15) is 0 Å². The van der Waals surface area contributed by atoms with Crippen molar-refractivity contribution in [3.8, 4) is 11.5 Å². The van der Waals surface area contributed by atoms with Crippen LogP contribution in [0.1, 0.15) is 37.4 Å². The molecule has 0 spiro atoms. The molecule has 0 saturated heterocycles. The second-order valence-corrected chi connectivity index (χ2v) is 7.57. The van der Waals surface area contributed by atoms with Gasteiger partial charge in [-0.15, -0.1) is 0 Å². The van der Waals surface area contributed by atoms with Crippen molar-refractivity contribution in [1.82, 2.24) is 4.90 Å². The number of hydrogen-bond donors (Lipinski definition) is 1. The summed E-state index contributed by atoms with van der Waals surface area (Å²) in [6.45, 7) is 5.06. The van der Waals surface area contributed by atoms with Crippen molar-refractivity contribution in [3.05, 3.63) is 52.3 Å². The lowest BCUT2D eigenvalue weighted by atomic mass is 9.90. The van der Waals surface area contributed by atoms with Gasteiger partial charge in [0.15, 0.2) is 11.5 Å². The number of methoxy groups -OCH3 is 1. The monoisotopic (exact) mass is 464 g/mol. The maximum Gasteiger partial charge on any atom is 0.322 e. The molecule has 0 radical (unpaired) electrons. The quantitative estimate of drug-likeness (QED) is 0.585. The van der Waals surface area contributed by atoms with E-state index in [1.54, 1.807) is 4.90 Å². The Bertz CT molecular complexity index is 1000. The Hall–Kier alpha value is -3.00. The number of carbonyl (C=O) groups is 2. The summed E-state index contributed by atoms with van der Waals surface area (Å²) in [5.74, 6) is 0.158. The van der Waals surface area contributed by atoms with Gasteiger partial charge in [0.1, 0.15) is 5.82 Å². The van der Waals surface area contributed by atoms with E-state index in [9.17, 15) is 14.0 Å². The first-order valence-electron chi connectivity index (χ1n) is 10.4. The average Bonchev–Trinajstić information content (AvgIpc) is 2.77. The first kappa shape index (κ1) is 23.7. The molecule has 1 heterocycles. The number of fused-ring (bicyclic) bond motifs is 1. The molecule has 1 atom stereocenters. The Balaban J connectivity index is 1.95. The predicted octanol–water partition coefficient (Wildman–Crippen LogP) is 4.97. The third kappa shape index (κ3) is 5.24. The Labute approximate surface area is 191 Å². The number of ether oxygens (including phenoxy) is 3. The first-order chi connectivity index (χ1) is 15.4. The number of nitrogens with one attached hydrogen (secondary N) is 1. The van der Waals surface area contributed by atoms with Crippen LogP contribution in [0.5, 0.6) is 11.5 Å².